The molecule has 2 amide bonds. The molecular weight excluding hydrogens is 124 g/mol. The van der Waals surface area contributed by atoms with E-state index >= 15 is 0 Å². The van der Waals surface area contributed by atoms with E-state index in [-0.39, 0.29) is 6.61 Å². The average molecular weight is 134 g/mol. The molecule has 0 fully saturated rings. The van der Waals surface area contributed by atoms with Gasteiger partial charge in [-0.15, -0.1) is 0 Å². The minimum Gasteiger partial charge on any atom is -0.380 e. The summed E-state index contributed by atoms with van der Waals surface area (Å²) in [6.45, 7) is 0.0446. The number of aliphatic hydroxyl groups excluding tert-OH is 1. The Kier molecular flexibility index (Phi) is 3.74. The molecule has 4 N–H and O–H groups in total. The van der Waals surface area contributed by atoms with Crippen LogP contribution in [-0.4, -0.2) is 31.1 Å². The van der Waals surface area contributed by atoms with Crippen LogP contribution in [0, 0.1) is 0 Å². The van der Waals surface area contributed by atoms with Crippen molar-refractivity contribution in [3.8, 4) is 0 Å². The summed E-state index contributed by atoms with van der Waals surface area (Å²) in [4.78, 5) is 9.98. The third-order valence-corrected chi connectivity index (χ3v) is 0.633. The first kappa shape index (κ1) is 8.19. The Labute approximate surface area is 52.8 Å². The SMILES string of the molecule is COCC(O)NC(N)=O. The minimum absolute atomic E-state index is 0.0446. The van der Waals surface area contributed by atoms with Crippen LogP contribution in [0.3, 0.4) is 0 Å². The lowest BCUT2D eigenvalue weighted by molar-refractivity contribution is 0.0503. The molecule has 0 aliphatic rings. The van der Waals surface area contributed by atoms with Crippen molar-refractivity contribution in [3.05, 3.63) is 0 Å². The second-order valence-corrected chi connectivity index (χ2v) is 1.48. The van der Waals surface area contributed by atoms with Crippen LogP contribution in [0.1, 0.15) is 0 Å². The normalized spacial score (nSPS) is 12.7. The topological polar surface area (TPSA) is 84.6 Å². The Hall–Kier alpha value is -0.810. The summed E-state index contributed by atoms with van der Waals surface area (Å²) in [5.74, 6) is 0. The fraction of sp³-hybridized carbons (Fsp3) is 0.750. The molecule has 0 rings (SSSR count). The number of hydrogen-bond donors (Lipinski definition) is 3. The van der Waals surface area contributed by atoms with Gasteiger partial charge in [0, 0.05) is 7.11 Å². The van der Waals surface area contributed by atoms with Crippen LogP contribution < -0.4 is 11.1 Å². The van der Waals surface area contributed by atoms with Gasteiger partial charge in [-0.2, -0.15) is 0 Å². The van der Waals surface area contributed by atoms with E-state index in [1.807, 2.05) is 5.32 Å². The fourth-order valence-corrected chi connectivity index (χ4v) is 0.364. The maximum absolute atomic E-state index is 9.98. The van der Waals surface area contributed by atoms with Gasteiger partial charge in [-0.25, -0.2) is 4.79 Å². The van der Waals surface area contributed by atoms with Crippen molar-refractivity contribution in [2.24, 2.45) is 5.73 Å². The van der Waals surface area contributed by atoms with Gasteiger partial charge in [0.2, 0.25) is 0 Å². The maximum atomic E-state index is 9.98. The maximum Gasteiger partial charge on any atom is 0.314 e. The number of urea groups is 1. The Morgan fingerprint density at radius 1 is 2.00 bits per heavy atom. The summed E-state index contributed by atoms with van der Waals surface area (Å²) < 4.78 is 4.48. The second kappa shape index (κ2) is 4.11. The Morgan fingerprint density at radius 2 is 2.56 bits per heavy atom. The van der Waals surface area contributed by atoms with E-state index in [0.717, 1.165) is 0 Å². The lowest BCUT2D eigenvalue weighted by atomic mass is 10.6. The van der Waals surface area contributed by atoms with Crippen molar-refractivity contribution in [3.63, 3.8) is 0 Å². The average Bonchev–Trinajstić information content (AvgIpc) is 1.63. The monoisotopic (exact) mass is 134 g/mol. The number of carbonyl (C=O) groups is 1. The van der Waals surface area contributed by atoms with Crippen molar-refractivity contribution >= 4 is 6.03 Å². The Morgan fingerprint density at radius 3 is 2.89 bits per heavy atom. The molecule has 0 aromatic heterocycles. The zero-order valence-electron chi connectivity index (χ0n) is 5.13. The smallest absolute Gasteiger partial charge is 0.314 e. The molecule has 0 aliphatic heterocycles. The summed E-state index contributed by atoms with van der Waals surface area (Å²) in [5, 5.41) is 10.7. The number of rotatable bonds is 3. The first-order valence-electron chi connectivity index (χ1n) is 2.39. The van der Waals surface area contributed by atoms with E-state index in [1.165, 1.54) is 7.11 Å². The van der Waals surface area contributed by atoms with Crippen LogP contribution in [0.2, 0.25) is 0 Å². The van der Waals surface area contributed by atoms with Gasteiger partial charge in [0.1, 0.15) is 0 Å². The zero-order valence-corrected chi connectivity index (χ0v) is 5.13. The van der Waals surface area contributed by atoms with Gasteiger partial charge in [0.25, 0.3) is 0 Å². The van der Waals surface area contributed by atoms with Gasteiger partial charge in [0.05, 0.1) is 6.61 Å². The number of methoxy groups -OCH3 is 1. The summed E-state index contributed by atoms with van der Waals surface area (Å²) in [6, 6.07) is -0.764. The molecule has 1 unspecified atom stereocenters. The molecule has 5 nitrogen and oxygen atoms in total. The molecule has 0 aromatic carbocycles. The Bertz CT molecular complexity index is 95.8. The van der Waals surface area contributed by atoms with Crippen molar-refractivity contribution in [2.75, 3.05) is 13.7 Å². The predicted molar refractivity (Wildman–Crippen MR) is 30.6 cm³/mol. The van der Waals surface area contributed by atoms with E-state index in [2.05, 4.69) is 10.5 Å². The number of aliphatic hydroxyl groups is 1. The third-order valence-electron chi connectivity index (χ3n) is 0.633. The molecule has 54 valence electrons. The largest absolute Gasteiger partial charge is 0.380 e. The van der Waals surface area contributed by atoms with Crippen LogP contribution in [-0.2, 0) is 4.74 Å². The molecule has 0 bridgehead atoms. The fourth-order valence-electron chi connectivity index (χ4n) is 0.364. The number of nitrogens with two attached hydrogens (primary N) is 1. The number of primary amides is 1. The highest BCUT2D eigenvalue weighted by molar-refractivity contribution is 5.71. The van der Waals surface area contributed by atoms with Crippen LogP contribution in [0.15, 0.2) is 0 Å². The predicted octanol–water partition coefficient (Wildman–Crippen LogP) is -1.38. The first-order chi connectivity index (χ1) is 4.16. The summed E-state index contributed by atoms with van der Waals surface area (Å²) in [7, 11) is 1.41. The van der Waals surface area contributed by atoms with Gasteiger partial charge in [0.15, 0.2) is 6.23 Å². The summed E-state index contributed by atoms with van der Waals surface area (Å²) >= 11 is 0. The van der Waals surface area contributed by atoms with Crippen LogP contribution in [0.25, 0.3) is 0 Å². The van der Waals surface area contributed by atoms with E-state index in [9.17, 15) is 4.79 Å². The zero-order chi connectivity index (χ0) is 7.28. The van der Waals surface area contributed by atoms with Crippen LogP contribution in [0.5, 0.6) is 0 Å². The molecule has 0 aliphatic carbocycles. The van der Waals surface area contributed by atoms with Crippen molar-refractivity contribution in [1.82, 2.24) is 5.32 Å². The number of nitrogens with one attached hydrogen (secondary N) is 1. The number of amides is 2. The highest BCUT2D eigenvalue weighted by Crippen LogP contribution is 1.75. The van der Waals surface area contributed by atoms with Crippen molar-refractivity contribution in [1.29, 1.82) is 0 Å². The van der Waals surface area contributed by atoms with E-state index in [1.54, 1.807) is 0 Å². The van der Waals surface area contributed by atoms with E-state index in [0.29, 0.717) is 0 Å². The van der Waals surface area contributed by atoms with Crippen molar-refractivity contribution < 1.29 is 14.6 Å². The van der Waals surface area contributed by atoms with Gasteiger partial charge >= 0.3 is 6.03 Å². The van der Waals surface area contributed by atoms with Gasteiger partial charge in [-0.05, 0) is 0 Å². The van der Waals surface area contributed by atoms with Gasteiger partial charge in [-0.1, -0.05) is 0 Å². The quantitative estimate of drug-likeness (QED) is 0.416. The van der Waals surface area contributed by atoms with Gasteiger partial charge in [-0.3, -0.25) is 0 Å². The number of ether oxygens (including phenoxy) is 1. The van der Waals surface area contributed by atoms with Crippen LogP contribution in [0.4, 0.5) is 4.79 Å². The summed E-state index contributed by atoms with van der Waals surface area (Å²) in [5.41, 5.74) is 4.66. The molecule has 0 heterocycles. The van der Waals surface area contributed by atoms with Gasteiger partial charge < -0.3 is 20.9 Å². The lowest BCUT2D eigenvalue weighted by Crippen LogP contribution is -2.40. The molecule has 0 spiro atoms. The molecule has 9 heavy (non-hydrogen) atoms. The lowest BCUT2D eigenvalue weighted by Gasteiger charge is -2.07. The molecule has 0 aromatic rings. The van der Waals surface area contributed by atoms with E-state index in [4.69, 9.17) is 5.11 Å². The number of carbonyl (C=O) groups excluding carboxylic acids is 1. The third kappa shape index (κ3) is 5.05. The molecule has 0 saturated carbocycles. The van der Waals surface area contributed by atoms with Crippen LogP contribution >= 0.6 is 0 Å². The molecule has 0 saturated heterocycles. The minimum atomic E-state index is -1.01. The second-order valence-electron chi connectivity index (χ2n) is 1.48. The van der Waals surface area contributed by atoms with E-state index < -0.39 is 12.3 Å². The summed E-state index contributed by atoms with van der Waals surface area (Å²) in [6.07, 6.45) is -1.01. The first-order valence-corrected chi connectivity index (χ1v) is 2.39. The Balaban J connectivity index is 3.26. The number of hydrogen-bond acceptors (Lipinski definition) is 3. The molecule has 0 radical (unpaired) electrons. The standard InChI is InChI=1S/C4H10N2O3/c1-9-2-3(7)6-4(5)8/h3,7H,2H2,1H3,(H3,5,6,8). The highest BCUT2D eigenvalue weighted by Gasteiger charge is 2.02. The molecule has 5 heteroatoms. The molecular formula is C4H10N2O3. The van der Waals surface area contributed by atoms with Crippen molar-refractivity contribution in [2.45, 2.75) is 6.23 Å². The highest BCUT2D eigenvalue weighted by atomic mass is 16.5. The molecule has 1 atom stereocenters.